The molecule has 0 saturated carbocycles. The smallest absolute Gasteiger partial charge is 0.416 e. The number of hydrogen-bond donors (Lipinski definition) is 0. The highest BCUT2D eigenvalue weighted by atomic mass is 19.4. The van der Waals surface area contributed by atoms with Crippen molar-refractivity contribution < 1.29 is 22.7 Å². The summed E-state index contributed by atoms with van der Waals surface area (Å²) in [6, 6.07) is 7.55. The fraction of sp³-hybridized carbons (Fsp3) is 0.579. The van der Waals surface area contributed by atoms with Gasteiger partial charge in [-0.25, -0.2) is 4.79 Å². The van der Waals surface area contributed by atoms with E-state index in [9.17, 15) is 23.2 Å². The van der Waals surface area contributed by atoms with Gasteiger partial charge in [0.1, 0.15) is 5.60 Å². The highest BCUT2D eigenvalue weighted by molar-refractivity contribution is 5.68. The number of hydrogen-bond acceptors (Lipinski definition) is 3. The van der Waals surface area contributed by atoms with Gasteiger partial charge >= 0.3 is 12.3 Å². The van der Waals surface area contributed by atoms with Gasteiger partial charge in [0.25, 0.3) is 0 Å². The number of alkyl halides is 3. The van der Waals surface area contributed by atoms with E-state index in [2.05, 4.69) is 6.07 Å². The lowest BCUT2D eigenvalue weighted by Crippen LogP contribution is -2.45. The third-order valence-corrected chi connectivity index (χ3v) is 4.46. The van der Waals surface area contributed by atoms with Gasteiger partial charge in [-0.2, -0.15) is 18.4 Å². The molecule has 1 fully saturated rings. The quantitative estimate of drug-likeness (QED) is 0.754. The Labute approximate surface area is 151 Å². The fourth-order valence-corrected chi connectivity index (χ4v) is 3.09. The average Bonchev–Trinajstić information content (AvgIpc) is 2.53. The summed E-state index contributed by atoms with van der Waals surface area (Å²) in [5.41, 5.74) is -2.12. The molecule has 142 valence electrons. The van der Waals surface area contributed by atoms with Crippen molar-refractivity contribution in [1.82, 2.24) is 4.90 Å². The van der Waals surface area contributed by atoms with E-state index < -0.39 is 28.8 Å². The molecule has 1 aromatic carbocycles. The molecule has 0 spiro atoms. The number of nitriles is 1. The lowest BCUT2D eigenvalue weighted by atomic mass is 9.74. The number of halogens is 3. The van der Waals surface area contributed by atoms with Crippen LogP contribution < -0.4 is 0 Å². The zero-order valence-corrected chi connectivity index (χ0v) is 15.2. The Morgan fingerprint density at radius 2 is 1.81 bits per heavy atom. The molecule has 7 heteroatoms. The van der Waals surface area contributed by atoms with E-state index in [0.717, 1.165) is 6.07 Å². The molecule has 26 heavy (non-hydrogen) atoms. The summed E-state index contributed by atoms with van der Waals surface area (Å²) in [4.78, 5) is 13.6. The van der Waals surface area contributed by atoms with E-state index in [1.807, 2.05) is 0 Å². The molecule has 0 aromatic heterocycles. The molecule has 4 nitrogen and oxygen atoms in total. The topological polar surface area (TPSA) is 53.3 Å². The van der Waals surface area contributed by atoms with Crippen LogP contribution in [0.5, 0.6) is 0 Å². The number of rotatable bonds is 2. The minimum absolute atomic E-state index is 0.0152. The zero-order valence-electron chi connectivity index (χ0n) is 15.2. The van der Waals surface area contributed by atoms with Crippen LogP contribution in [0.2, 0.25) is 0 Å². The first-order valence-corrected chi connectivity index (χ1v) is 8.50. The van der Waals surface area contributed by atoms with Gasteiger partial charge in [0.05, 0.1) is 17.0 Å². The van der Waals surface area contributed by atoms with Crippen molar-refractivity contribution >= 4 is 6.09 Å². The molecule has 1 saturated heterocycles. The summed E-state index contributed by atoms with van der Waals surface area (Å²) in [5.74, 6) is 0. The number of nitrogens with zero attached hydrogens (tertiary/aromatic N) is 2. The number of likely N-dealkylation sites (tertiary alicyclic amines) is 1. The van der Waals surface area contributed by atoms with Crippen LogP contribution in [0, 0.1) is 16.7 Å². The van der Waals surface area contributed by atoms with Crippen molar-refractivity contribution in [2.75, 3.05) is 13.1 Å². The third-order valence-electron chi connectivity index (χ3n) is 4.46. The Bertz CT molecular complexity index is 694. The second-order valence-corrected chi connectivity index (χ2v) is 7.69. The van der Waals surface area contributed by atoms with Crippen molar-refractivity contribution in [2.24, 2.45) is 5.41 Å². The molecule has 1 amide bonds. The second-order valence-electron chi connectivity index (χ2n) is 7.69. The maximum absolute atomic E-state index is 13.2. The molecule has 0 radical (unpaired) electrons. The van der Waals surface area contributed by atoms with Crippen LogP contribution >= 0.6 is 0 Å². The van der Waals surface area contributed by atoms with E-state index in [0.29, 0.717) is 12.8 Å². The van der Waals surface area contributed by atoms with Crippen LogP contribution in [0.4, 0.5) is 18.0 Å². The van der Waals surface area contributed by atoms with Crippen LogP contribution in [0.25, 0.3) is 0 Å². The van der Waals surface area contributed by atoms with E-state index in [1.54, 1.807) is 26.8 Å². The molecular weight excluding hydrogens is 345 g/mol. The molecular formula is C19H23F3N2O2. The fourth-order valence-electron chi connectivity index (χ4n) is 3.09. The van der Waals surface area contributed by atoms with Crippen LogP contribution in [0.15, 0.2) is 24.3 Å². The number of carbonyl (C=O) groups is 1. The van der Waals surface area contributed by atoms with Gasteiger partial charge in [-0.1, -0.05) is 18.2 Å². The highest BCUT2D eigenvalue weighted by Gasteiger charge is 2.40. The van der Waals surface area contributed by atoms with Gasteiger partial charge in [-0.3, -0.25) is 0 Å². The van der Waals surface area contributed by atoms with Crippen molar-refractivity contribution in [1.29, 1.82) is 5.26 Å². The molecule has 0 N–H and O–H groups in total. The van der Waals surface area contributed by atoms with Gasteiger partial charge < -0.3 is 9.64 Å². The van der Waals surface area contributed by atoms with Crippen molar-refractivity contribution in [3.8, 4) is 6.07 Å². The van der Waals surface area contributed by atoms with Gasteiger partial charge in [0.2, 0.25) is 0 Å². The van der Waals surface area contributed by atoms with Gasteiger partial charge in [0.15, 0.2) is 0 Å². The lowest BCUT2D eigenvalue weighted by molar-refractivity contribution is -0.138. The van der Waals surface area contributed by atoms with Crippen LogP contribution in [-0.2, 0) is 17.3 Å². The van der Waals surface area contributed by atoms with Crippen LogP contribution in [-0.4, -0.2) is 29.7 Å². The number of ether oxygens (including phenoxy) is 1. The monoisotopic (exact) mass is 368 g/mol. The van der Waals surface area contributed by atoms with E-state index in [4.69, 9.17) is 4.74 Å². The Hall–Kier alpha value is -2.23. The molecule has 1 aliphatic rings. The van der Waals surface area contributed by atoms with Gasteiger partial charge in [0, 0.05) is 13.1 Å². The number of amides is 1. The minimum atomic E-state index is -4.45. The molecule has 2 rings (SSSR count). The summed E-state index contributed by atoms with van der Waals surface area (Å²) >= 11 is 0. The summed E-state index contributed by atoms with van der Waals surface area (Å²) in [7, 11) is 0. The first-order chi connectivity index (χ1) is 12.0. The van der Waals surface area contributed by atoms with Crippen LogP contribution in [0.1, 0.15) is 44.7 Å². The lowest BCUT2D eigenvalue weighted by Gasteiger charge is -2.38. The zero-order chi connectivity index (χ0) is 19.6. The molecule has 1 aliphatic heterocycles. The summed E-state index contributed by atoms with van der Waals surface area (Å²) in [6.07, 6.45) is -4.27. The predicted octanol–water partition coefficient (Wildman–Crippen LogP) is 4.79. The summed E-state index contributed by atoms with van der Waals surface area (Å²) < 4.78 is 44.9. The standard InChI is InChI=1S/C19H23F3N2O2/c1-17(2,3)26-16(25)24-10-8-18(13-23,9-11-24)12-14-6-4-5-7-15(14)19(20,21)22/h4-7H,8-12H2,1-3H3. The summed E-state index contributed by atoms with van der Waals surface area (Å²) in [5, 5.41) is 9.64. The third kappa shape index (κ3) is 4.90. The summed E-state index contributed by atoms with van der Waals surface area (Å²) in [6.45, 7) is 5.88. The Balaban J connectivity index is 2.12. The normalized spacial score (nSPS) is 17.5. The Morgan fingerprint density at radius 3 is 2.31 bits per heavy atom. The number of carbonyl (C=O) groups excluding carboxylic acids is 1. The number of piperidine rings is 1. The Kier molecular flexibility index (Phi) is 5.55. The maximum atomic E-state index is 13.2. The molecule has 1 aromatic rings. The molecule has 0 unspecified atom stereocenters. The van der Waals surface area contributed by atoms with E-state index >= 15 is 0 Å². The second kappa shape index (κ2) is 7.18. The maximum Gasteiger partial charge on any atom is 0.416 e. The molecule has 0 aliphatic carbocycles. The van der Waals surface area contributed by atoms with Gasteiger partial charge in [-0.05, 0) is 51.7 Å². The predicted molar refractivity (Wildman–Crippen MR) is 90.2 cm³/mol. The van der Waals surface area contributed by atoms with Crippen molar-refractivity contribution in [3.63, 3.8) is 0 Å². The molecule has 0 atom stereocenters. The van der Waals surface area contributed by atoms with Crippen molar-refractivity contribution in [2.45, 2.75) is 51.8 Å². The number of benzene rings is 1. The first kappa shape index (κ1) is 20.1. The largest absolute Gasteiger partial charge is 0.444 e. The molecule has 1 heterocycles. The molecule has 0 bridgehead atoms. The average molecular weight is 368 g/mol. The SMILES string of the molecule is CC(C)(C)OC(=O)N1CCC(C#N)(Cc2ccccc2C(F)(F)F)CC1. The first-order valence-electron chi connectivity index (χ1n) is 8.50. The van der Waals surface area contributed by atoms with Crippen molar-refractivity contribution in [3.05, 3.63) is 35.4 Å². The van der Waals surface area contributed by atoms with E-state index in [-0.39, 0.29) is 25.1 Å². The van der Waals surface area contributed by atoms with Gasteiger partial charge in [-0.15, -0.1) is 0 Å². The van der Waals surface area contributed by atoms with Crippen LogP contribution in [0.3, 0.4) is 0 Å². The Morgan fingerprint density at radius 1 is 1.23 bits per heavy atom. The van der Waals surface area contributed by atoms with E-state index in [1.165, 1.54) is 17.0 Å². The minimum Gasteiger partial charge on any atom is -0.444 e. The highest BCUT2D eigenvalue weighted by Crippen LogP contribution is 2.39.